The summed E-state index contributed by atoms with van der Waals surface area (Å²) in [4.78, 5) is 11.5. The summed E-state index contributed by atoms with van der Waals surface area (Å²) in [5.41, 5.74) is 10.3. The molecule has 38 heavy (non-hydrogen) atoms. The van der Waals surface area contributed by atoms with Gasteiger partial charge in [0.1, 0.15) is 11.4 Å². The van der Waals surface area contributed by atoms with Crippen LogP contribution in [0.25, 0.3) is 11.3 Å². The molecular weight excluding hydrogens is 478 g/mol. The normalized spacial score (nSPS) is 23.2. The summed E-state index contributed by atoms with van der Waals surface area (Å²) in [6, 6.07) is 13.9. The summed E-state index contributed by atoms with van der Waals surface area (Å²) in [5, 5.41) is 28.6. The molecule has 5 heterocycles. The van der Waals surface area contributed by atoms with Gasteiger partial charge in [-0.05, 0) is 68.5 Å². The number of aromatic nitrogens is 3. The molecule has 3 saturated heterocycles. The number of hydrogen-bond acceptors (Lipinski definition) is 9. The van der Waals surface area contributed by atoms with Crippen LogP contribution in [0.3, 0.4) is 0 Å². The molecule has 0 radical (unpaired) electrons. The molecular formula is C29H33N7O2. The maximum atomic E-state index is 10.3. The third-order valence-electron chi connectivity index (χ3n) is 7.85. The molecule has 3 atom stereocenters. The number of para-hydroxylation sites is 1. The Bertz CT molecular complexity index is 1360. The SMILES string of the molecule is Nc1nnc(-c2ccccc2O)cc1N1CC2CCC(C1)N2c1ccnc(C#CCN2CCCC(O)C2)c1. The molecule has 2 aromatic heterocycles. The number of β-amino-alcohol motifs (C(OH)–C–C–N with tert-alkyl or cyclic N) is 1. The molecule has 3 aliphatic rings. The van der Waals surface area contributed by atoms with Crippen molar-refractivity contribution in [2.45, 2.75) is 43.9 Å². The van der Waals surface area contributed by atoms with Gasteiger partial charge >= 0.3 is 0 Å². The summed E-state index contributed by atoms with van der Waals surface area (Å²) < 4.78 is 0. The summed E-state index contributed by atoms with van der Waals surface area (Å²) >= 11 is 0. The largest absolute Gasteiger partial charge is 0.507 e. The van der Waals surface area contributed by atoms with Crippen molar-refractivity contribution in [3.63, 3.8) is 0 Å². The van der Waals surface area contributed by atoms with Crippen LogP contribution in [-0.2, 0) is 0 Å². The molecule has 3 unspecified atom stereocenters. The van der Waals surface area contributed by atoms with E-state index in [2.05, 4.69) is 53.9 Å². The monoisotopic (exact) mass is 511 g/mol. The zero-order valence-corrected chi connectivity index (χ0v) is 21.4. The Morgan fingerprint density at radius 1 is 1.00 bits per heavy atom. The number of rotatable bonds is 4. The third kappa shape index (κ3) is 4.97. The van der Waals surface area contributed by atoms with Crippen molar-refractivity contribution in [1.29, 1.82) is 0 Å². The first-order valence-electron chi connectivity index (χ1n) is 13.4. The van der Waals surface area contributed by atoms with Gasteiger partial charge in [0, 0.05) is 49.2 Å². The van der Waals surface area contributed by atoms with E-state index in [9.17, 15) is 10.2 Å². The Kier molecular flexibility index (Phi) is 6.75. The van der Waals surface area contributed by atoms with Gasteiger partial charge in [0.05, 0.1) is 24.0 Å². The predicted octanol–water partition coefficient (Wildman–Crippen LogP) is 2.49. The van der Waals surface area contributed by atoms with Crippen LogP contribution in [0.4, 0.5) is 17.2 Å². The highest BCUT2D eigenvalue weighted by Gasteiger charge is 2.40. The lowest BCUT2D eigenvalue weighted by molar-refractivity contribution is 0.0781. The van der Waals surface area contributed by atoms with E-state index in [4.69, 9.17) is 5.73 Å². The quantitative estimate of drug-likeness (QED) is 0.455. The fourth-order valence-electron chi connectivity index (χ4n) is 6.05. The topological polar surface area (TPSA) is 115 Å². The van der Waals surface area contributed by atoms with E-state index >= 15 is 0 Å². The Balaban J connectivity index is 1.18. The minimum Gasteiger partial charge on any atom is -0.507 e. The Morgan fingerprint density at radius 2 is 1.82 bits per heavy atom. The van der Waals surface area contributed by atoms with Gasteiger partial charge in [-0.3, -0.25) is 4.90 Å². The number of phenols is 1. The van der Waals surface area contributed by atoms with Crippen molar-refractivity contribution >= 4 is 17.2 Å². The summed E-state index contributed by atoms with van der Waals surface area (Å²) in [6.45, 7) is 3.98. The van der Waals surface area contributed by atoms with Gasteiger partial charge < -0.3 is 25.7 Å². The van der Waals surface area contributed by atoms with E-state index in [1.807, 2.05) is 24.4 Å². The number of benzene rings is 1. The molecule has 0 saturated carbocycles. The minimum atomic E-state index is -0.239. The average molecular weight is 512 g/mol. The molecule has 1 aromatic carbocycles. The second kappa shape index (κ2) is 10.5. The molecule has 4 N–H and O–H groups in total. The smallest absolute Gasteiger partial charge is 0.169 e. The number of hydrogen-bond donors (Lipinski definition) is 3. The fraction of sp³-hybridized carbons (Fsp3) is 0.414. The van der Waals surface area contributed by atoms with Crippen molar-refractivity contribution in [2.24, 2.45) is 0 Å². The van der Waals surface area contributed by atoms with Gasteiger partial charge in [-0.15, -0.1) is 10.2 Å². The number of nitrogens with two attached hydrogens (primary N) is 1. The molecule has 3 aliphatic heterocycles. The molecule has 3 fully saturated rings. The number of pyridine rings is 1. The van der Waals surface area contributed by atoms with Crippen LogP contribution in [0, 0.1) is 11.8 Å². The van der Waals surface area contributed by atoms with Gasteiger partial charge in [0.2, 0.25) is 0 Å². The second-order valence-electron chi connectivity index (χ2n) is 10.4. The van der Waals surface area contributed by atoms with Crippen LogP contribution in [0.1, 0.15) is 31.4 Å². The van der Waals surface area contributed by atoms with Crippen molar-refractivity contribution in [3.05, 3.63) is 54.4 Å². The lowest BCUT2D eigenvalue weighted by Gasteiger charge is -2.43. The van der Waals surface area contributed by atoms with Crippen LogP contribution in [0.15, 0.2) is 48.7 Å². The van der Waals surface area contributed by atoms with E-state index in [0.717, 1.165) is 62.4 Å². The average Bonchev–Trinajstić information content (AvgIpc) is 3.19. The predicted molar refractivity (Wildman–Crippen MR) is 148 cm³/mol. The lowest BCUT2D eigenvalue weighted by atomic mass is 10.1. The highest BCUT2D eigenvalue weighted by atomic mass is 16.3. The molecule has 3 aromatic rings. The number of fused-ring (bicyclic) bond motifs is 2. The first-order valence-corrected chi connectivity index (χ1v) is 13.4. The number of aliphatic hydroxyl groups excluding tert-OH is 1. The van der Waals surface area contributed by atoms with E-state index in [1.165, 1.54) is 0 Å². The van der Waals surface area contributed by atoms with Gasteiger partial charge in [0.25, 0.3) is 0 Å². The number of piperazine rings is 1. The standard InChI is InChI=1S/C29H33N7O2/c30-29-27(16-26(32-33-29)25-7-1-2-8-28(25)38)35-17-22-9-10-23(18-35)36(22)21-11-12-31-20(15-21)5-3-13-34-14-4-6-24(37)19-34/h1-2,7-8,11-12,15-16,22-24,37-38H,4,6,9-10,13-14,17-19H2,(H2,30,33). The molecule has 0 amide bonds. The highest BCUT2D eigenvalue weighted by molar-refractivity contribution is 5.74. The molecule has 2 bridgehead atoms. The molecule has 196 valence electrons. The Morgan fingerprint density at radius 3 is 2.61 bits per heavy atom. The number of anilines is 3. The number of phenolic OH excluding ortho intramolecular Hbond substituents is 1. The number of nitrogens with zero attached hydrogens (tertiary/aromatic N) is 6. The van der Waals surface area contributed by atoms with Crippen molar-refractivity contribution < 1.29 is 10.2 Å². The second-order valence-corrected chi connectivity index (χ2v) is 10.4. The van der Waals surface area contributed by atoms with Gasteiger partial charge in [-0.1, -0.05) is 18.1 Å². The van der Waals surface area contributed by atoms with Crippen molar-refractivity contribution in [2.75, 3.05) is 48.3 Å². The number of aliphatic hydroxyl groups is 1. The van der Waals surface area contributed by atoms with Crippen LogP contribution in [-0.4, -0.2) is 81.2 Å². The summed E-state index contributed by atoms with van der Waals surface area (Å²) in [6.07, 6.45) is 5.71. The van der Waals surface area contributed by atoms with Gasteiger partial charge in [-0.2, -0.15) is 0 Å². The molecule has 9 heteroatoms. The van der Waals surface area contributed by atoms with E-state index in [1.54, 1.807) is 12.1 Å². The van der Waals surface area contributed by atoms with E-state index in [0.29, 0.717) is 42.2 Å². The van der Waals surface area contributed by atoms with Crippen molar-refractivity contribution in [3.8, 4) is 28.8 Å². The number of aromatic hydroxyl groups is 1. The maximum absolute atomic E-state index is 10.3. The van der Waals surface area contributed by atoms with Gasteiger partial charge in [-0.25, -0.2) is 4.98 Å². The maximum Gasteiger partial charge on any atom is 0.169 e. The molecule has 0 spiro atoms. The third-order valence-corrected chi connectivity index (χ3v) is 7.85. The Hall–Kier alpha value is -3.87. The molecule has 6 rings (SSSR count). The number of likely N-dealkylation sites (tertiary alicyclic amines) is 1. The van der Waals surface area contributed by atoms with Crippen LogP contribution in [0.5, 0.6) is 5.75 Å². The highest BCUT2D eigenvalue weighted by Crippen LogP contribution is 2.38. The molecule has 0 aliphatic carbocycles. The fourth-order valence-corrected chi connectivity index (χ4v) is 6.05. The summed E-state index contributed by atoms with van der Waals surface area (Å²) in [5.74, 6) is 7.06. The van der Waals surface area contributed by atoms with Crippen LogP contribution < -0.4 is 15.5 Å². The number of piperidine rings is 1. The zero-order valence-electron chi connectivity index (χ0n) is 21.4. The summed E-state index contributed by atoms with van der Waals surface area (Å²) in [7, 11) is 0. The van der Waals surface area contributed by atoms with E-state index in [-0.39, 0.29) is 11.9 Å². The Labute approximate surface area is 222 Å². The van der Waals surface area contributed by atoms with Crippen LogP contribution in [0.2, 0.25) is 0 Å². The minimum absolute atomic E-state index is 0.174. The number of nitrogen functional groups attached to an aromatic ring is 1. The first-order chi connectivity index (χ1) is 18.5. The first kappa shape index (κ1) is 24.5. The van der Waals surface area contributed by atoms with Gasteiger partial charge in [0.15, 0.2) is 5.82 Å². The molecule has 9 nitrogen and oxygen atoms in total. The van der Waals surface area contributed by atoms with E-state index < -0.39 is 0 Å². The van der Waals surface area contributed by atoms with Crippen LogP contribution >= 0.6 is 0 Å². The zero-order chi connectivity index (χ0) is 26.1. The van der Waals surface area contributed by atoms with Crippen molar-refractivity contribution in [1.82, 2.24) is 20.1 Å². The lowest BCUT2D eigenvalue weighted by Crippen LogP contribution is -2.54.